The van der Waals surface area contributed by atoms with Crippen LogP contribution in [0.5, 0.6) is 0 Å². The molecule has 6 nitrogen and oxygen atoms in total. The van der Waals surface area contributed by atoms with Crippen LogP contribution in [0.4, 0.5) is 11.4 Å². The molecule has 6 heteroatoms. The van der Waals surface area contributed by atoms with Crippen molar-refractivity contribution in [2.45, 2.75) is 13.8 Å². The highest BCUT2D eigenvalue weighted by atomic mass is 16.6. The highest BCUT2D eigenvalue weighted by Gasteiger charge is 2.12. The quantitative estimate of drug-likeness (QED) is 0.487. The van der Waals surface area contributed by atoms with Gasteiger partial charge in [-0.2, -0.15) is 0 Å². The lowest BCUT2D eigenvalue weighted by Crippen LogP contribution is -2.00. The van der Waals surface area contributed by atoms with E-state index in [0.29, 0.717) is 0 Å². The van der Waals surface area contributed by atoms with Crippen LogP contribution in [0.2, 0.25) is 0 Å². The standard InChI is InChI=1S/C11H12N4O2/c1-7-8(2)14(6-13-7)9-3-4-11(15(16)17)10(12)5-9/h3-6H,12H2,1-2H3. The number of anilines is 1. The minimum absolute atomic E-state index is 0.0803. The van der Waals surface area contributed by atoms with E-state index in [1.807, 2.05) is 18.4 Å². The summed E-state index contributed by atoms with van der Waals surface area (Å²) in [6.45, 7) is 3.83. The number of hydrogen-bond acceptors (Lipinski definition) is 4. The van der Waals surface area contributed by atoms with Crippen LogP contribution in [0.15, 0.2) is 24.5 Å². The van der Waals surface area contributed by atoms with E-state index in [9.17, 15) is 10.1 Å². The molecule has 0 fully saturated rings. The molecule has 0 spiro atoms. The van der Waals surface area contributed by atoms with Gasteiger partial charge in [-0.3, -0.25) is 10.1 Å². The first-order valence-corrected chi connectivity index (χ1v) is 5.05. The molecule has 0 unspecified atom stereocenters. The van der Waals surface area contributed by atoms with Crippen LogP contribution < -0.4 is 5.73 Å². The van der Waals surface area contributed by atoms with Gasteiger partial charge >= 0.3 is 0 Å². The van der Waals surface area contributed by atoms with Crippen LogP contribution in [0, 0.1) is 24.0 Å². The summed E-state index contributed by atoms with van der Waals surface area (Å²) in [6.07, 6.45) is 1.67. The Balaban J connectivity index is 2.52. The lowest BCUT2D eigenvalue weighted by atomic mass is 10.2. The van der Waals surface area contributed by atoms with Crippen molar-refractivity contribution in [3.8, 4) is 5.69 Å². The average molecular weight is 232 g/mol. The number of nitro benzene ring substituents is 1. The Morgan fingerprint density at radius 3 is 2.59 bits per heavy atom. The third kappa shape index (κ3) is 1.84. The first-order valence-electron chi connectivity index (χ1n) is 5.05. The summed E-state index contributed by atoms with van der Waals surface area (Å²) in [7, 11) is 0. The maximum Gasteiger partial charge on any atom is 0.292 e. The first kappa shape index (κ1) is 11.1. The minimum atomic E-state index is -0.495. The van der Waals surface area contributed by atoms with E-state index in [-0.39, 0.29) is 11.4 Å². The average Bonchev–Trinajstić information content (AvgIpc) is 2.59. The second-order valence-electron chi connectivity index (χ2n) is 3.79. The number of imidazole rings is 1. The largest absolute Gasteiger partial charge is 0.393 e. The molecule has 2 rings (SSSR count). The number of hydrogen-bond donors (Lipinski definition) is 1. The number of aryl methyl sites for hydroxylation is 1. The van der Waals surface area contributed by atoms with E-state index in [1.165, 1.54) is 6.07 Å². The molecule has 0 saturated carbocycles. The van der Waals surface area contributed by atoms with Crippen molar-refractivity contribution >= 4 is 11.4 Å². The van der Waals surface area contributed by atoms with E-state index in [4.69, 9.17) is 5.73 Å². The molecular formula is C11H12N4O2. The Hall–Kier alpha value is -2.37. The summed E-state index contributed by atoms with van der Waals surface area (Å²) >= 11 is 0. The third-order valence-electron chi connectivity index (χ3n) is 2.74. The fraction of sp³-hybridized carbons (Fsp3) is 0.182. The molecular weight excluding hydrogens is 220 g/mol. The zero-order valence-electron chi connectivity index (χ0n) is 9.54. The smallest absolute Gasteiger partial charge is 0.292 e. The van der Waals surface area contributed by atoms with Crippen LogP contribution in [-0.2, 0) is 0 Å². The van der Waals surface area contributed by atoms with Crippen LogP contribution in [0.1, 0.15) is 11.4 Å². The zero-order valence-corrected chi connectivity index (χ0v) is 9.54. The van der Waals surface area contributed by atoms with Gasteiger partial charge in [0.1, 0.15) is 5.69 Å². The summed E-state index contributed by atoms with van der Waals surface area (Å²) in [6, 6.07) is 4.63. The van der Waals surface area contributed by atoms with Crippen molar-refractivity contribution in [1.82, 2.24) is 9.55 Å². The summed E-state index contributed by atoms with van der Waals surface area (Å²) in [5.74, 6) is 0. The van der Waals surface area contributed by atoms with Crippen LogP contribution in [0.25, 0.3) is 5.69 Å². The third-order valence-corrected chi connectivity index (χ3v) is 2.74. The van der Waals surface area contributed by atoms with Crippen molar-refractivity contribution < 1.29 is 4.92 Å². The predicted octanol–water partition coefficient (Wildman–Crippen LogP) is 1.98. The maximum absolute atomic E-state index is 10.6. The molecule has 0 saturated heterocycles. The normalized spacial score (nSPS) is 10.5. The van der Waals surface area contributed by atoms with E-state index in [2.05, 4.69) is 4.98 Å². The van der Waals surface area contributed by atoms with E-state index in [1.54, 1.807) is 18.5 Å². The highest BCUT2D eigenvalue weighted by Crippen LogP contribution is 2.24. The number of benzene rings is 1. The molecule has 88 valence electrons. The van der Waals surface area contributed by atoms with Crippen LogP contribution >= 0.6 is 0 Å². The van der Waals surface area contributed by atoms with Crippen molar-refractivity contribution in [3.63, 3.8) is 0 Å². The number of rotatable bonds is 2. The number of aromatic nitrogens is 2. The minimum Gasteiger partial charge on any atom is -0.393 e. The van der Waals surface area contributed by atoms with Gasteiger partial charge in [0.05, 0.1) is 16.9 Å². The topological polar surface area (TPSA) is 87.0 Å². The number of nitrogen functional groups attached to an aromatic ring is 1. The SMILES string of the molecule is Cc1ncn(-c2ccc([N+](=O)[O-])c(N)c2)c1C. The summed E-state index contributed by atoms with van der Waals surface area (Å²) in [5.41, 5.74) is 8.38. The van der Waals surface area contributed by atoms with Crippen LogP contribution in [-0.4, -0.2) is 14.5 Å². The molecule has 0 radical (unpaired) electrons. The molecule has 0 aliphatic rings. The summed E-state index contributed by atoms with van der Waals surface area (Å²) < 4.78 is 1.84. The molecule has 17 heavy (non-hydrogen) atoms. The Kier molecular flexibility index (Phi) is 2.55. The molecule has 1 aromatic heterocycles. The molecule has 0 amide bonds. The van der Waals surface area contributed by atoms with Gasteiger partial charge in [-0.05, 0) is 26.0 Å². The summed E-state index contributed by atoms with van der Waals surface area (Å²) in [4.78, 5) is 14.3. The monoisotopic (exact) mass is 232 g/mol. The molecule has 1 aromatic carbocycles. The lowest BCUT2D eigenvalue weighted by molar-refractivity contribution is -0.383. The van der Waals surface area contributed by atoms with Gasteiger partial charge in [0.2, 0.25) is 0 Å². The number of nitrogens with zero attached hydrogens (tertiary/aromatic N) is 3. The molecule has 0 aliphatic heterocycles. The van der Waals surface area contributed by atoms with Gasteiger partial charge in [0, 0.05) is 17.4 Å². The van der Waals surface area contributed by atoms with Gasteiger partial charge in [-0.25, -0.2) is 4.98 Å². The van der Waals surface area contributed by atoms with E-state index < -0.39 is 4.92 Å². The van der Waals surface area contributed by atoms with Crippen LogP contribution in [0.3, 0.4) is 0 Å². The van der Waals surface area contributed by atoms with Gasteiger partial charge in [0.15, 0.2) is 0 Å². The molecule has 2 N–H and O–H groups in total. The fourth-order valence-electron chi connectivity index (χ4n) is 1.62. The molecule has 0 atom stereocenters. The highest BCUT2D eigenvalue weighted by molar-refractivity contribution is 5.62. The van der Waals surface area contributed by atoms with Gasteiger partial charge in [0.25, 0.3) is 5.69 Å². The Labute approximate surface area is 97.9 Å². The zero-order chi connectivity index (χ0) is 12.6. The van der Waals surface area contributed by atoms with Crippen molar-refractivity contribution in [2.24, 2.45) is 0 Å². The van der Waals surface area contributed by atoms with Crippen molar-refractivity contribution in [3.05, 3.63) is 46.0 Å². The fourth-order valence-corrected chi connectivity index (χ4v) is 1.62. The molecule has 0 aliphatic carbocycles. The first-order chi connectivity index (χ1) is 8.00. The van der Waals surface area contributed by atoms with Crippen molar-refractivity contribution in [1.29, 1.82) is 0 Å². The molecule has 2 aromatic rings. The second-order valence-corrected chi connectivity index (χ2v) is 3.79. The Morgan fingerprint density at radius 2 is 2.12 bits per heavy atom. The molecule has 1 heterocycles. The van der Waals surface area contributed by atoms with Gasteiger partial charge in [-0.15, -0.1) is 0 Å². The Morgan fingerprint density at radius 1 is 1.41 bits per heavy atom. The Bertz CT molecular complexity index is 589. The van der Waals surface area contributed by atoms with E-state index in [0.717, 1.165) is 17.1 Å². The number of nitro groups is 1. The summed E-state index contributed by atoms with van der Waals surface area (Å²) in [5, 5.41) is 10.6. The lowest BCUT2D eigenvalue weighted by Gasteiger charge is -2.06. The second kappa shape index (κ2) is 3.89. The van der Waals surface area contributed by atoms with Gasteiger partial charge < -0.3 is 10.3 Å². The number of nitrogens with two attached hydrogens (primary N) is 1. The molecule has 0 bridgehead atoms. The van der Waals surface area contributed by atoms with Crippen molar-refractivity contribution in [2.75, 3.05) is 5.73 Å². The maximum atomic E-state index is 10.6. The van der Waals surface area contributed by atoms with E-state index >= 15 is 0 Å². The van der Waals surface area contributed by atoms with Gasteiger partial charge in [-0.1, -0.05) is 0 Å². The predicted molar refractivity (Wildman–Crippen MR) is 64.1 cm³/mol.